The zero-order valence-corrected chi connectivity index (χ0v) is 14.0. The van der Waals surface area contributed by atoms with Gasteiger partial charge in [0.05, 0.1) is 4.92 Å². The highest BCUT2D eigenvalue weighted by molar-refractivity contribution is 5.93. The summed E-state index contributed by atoms with van der Waals surface area (Å²) in [6.45, 7) is 3.52. The van der Waals surface area contributed by atoms with E-state index in [1.54, 1.807) is 12.1 Å². The molecule has 1 N–H and O–H groups in total. The lowest BCUT2D eigenvalue weighted by Crippen LogP contribution is -2.49. The molecule has 25 heavy (non-hydrogen) atoms. The third-order valence-electron chi connectivity index (χ3n) is 4.64. The van der Waals surface area contributed by atoms with Gasteiger partial charge in [0.25, 0.3) is 5.69 Å². The Morgan fingerprint density at radius 1 is 1.16 bits per heavy atom. The molecule has 0 aromatic heterocycles. The summed E-state index contributed by atoms with van der Waals surface area (Å²) in [5, 5.41) is 13.6. The summed E-state index contributed by atoms with van der Waals surface area (Å²) in [6.07, 6.45) is 2.30. The van der Waals surface area contributed by atoms with Crippen LogP contribution in [0.2, 0.25) is 0 Å². The van der Waals surface area contributed by atoms with Crippen molar-refractivity contribution in [3.05, 3.63) is 34.4 Å². The van der Waals surface area contributed by atoms with E-state index in [4.69, 9.17) is 0 Å². The molecule has 0 radical (unpaired) electrons. The number of carbonyl (C=O) groups is 2. The summed E-state index contributed by atoms with van der Waals surface area (Å²) < 4.78 is 0. The van der Waals surface area contributed by atoms with E-state index < -0.39 is 4.92 Å². The van der Waals surface area contributed by atoms with Crippen molar-refractivity contribution in [2.45, 2.75) is 19.3 Å². The van der Waals surface area contributed by atoms with Crippen LogP contribution >= 0.6 is 0 Å². The molecule has 1 aromatic rings. The van der Waals surface area contributed by atoms with Crippen molar-refractivity contribution in [2.75, 3.05) is 38.0 Å². The number of carbonyl (C=O) groups excluding carboxylic acids is 2. The maximum absolute atomic E-state index is 12.1. The lowest BCUT2D eigenvalue weighted by Gasteiger charge is -2.34. The fourth-order valence-electron chi connectivity index (χ4n) is 2.99. The second kappa shape index (κ2) is 7.60. The number of benzene rings is 1. The molecular formula is C17H22N4O4. The molecule has 2 aliphatic rings. The average molecular weight is 346 g/mol. The molecule has 0 atom stereocenters. The number of rotatable bonds is 6. The zero-order valence-electron chi connectivity index (χ0n) is 14.0. The van der Waals surface area contributed by atoms with Gasteiger partial charge in [0.15, 0.2) is 0 Å². The summed E-state index contributed by atoms with van der Waals surface area (Å²) in [5.41, 5.74) is 0.111. The van der Waals surface area contributed by atoms with Gasteiger partial charge in [-0.3, -0.25) is 24.6 Å². The lowest BCUT2D eigenvalue weighted by molar-refractivity contribution is -0.383. The third kappa shape index (κ3) is 4.54. The molecule has 1 saturated carbocycles. The van der Waals surface area contributed by atoms with E-state index in [0.717, 1.165) is 25.9 Å². The Morgan fingerprint density at radius 3 is 2.48 bits per heavy atom. The van der Waals surface area contributed by atoms with Crippen LogP contribution in [0.15, 0.2) is 24.3 Å². The van der Waals surface area contributed by atoms with Crippen LogP contribution < -0.4 is 5.32 Å². The summed E-state index contributed by atoms with van der Waals surface area (Å²) in [4.78, 5) is 38.6. The van der Waals surface area contributed by atoms with Gasteiger partial charge < -0.3 is 10.2 Å². The fraction of sp³-hybridized carbons (Fsp3) is 0.529. The highest BCUT2D eigenvalue weighted by Crippen LogP contribution is 2.31. The summed E-state index contributed by atoms with van der Waals surface area (Å²) in [6, 6.07) is 6.11. The van der Waals surface area contributed by atoms with Gasteiger partial charge in [-0.1, -0.05) is 12.1 Å². The number of nitrogens with one attached hydrogen (secondary N) is 1. The van der Waals surface area contributed by atoms with Crippen molar-refractivity contribution >= 4 is 23.2 Å². The van der Waals surface area contributed by atoms with Gasteiger partial charge in [0, 0.05) is 51.1 Å². The van der Waals surface area contributed by atoms with Crippen LogP contribution in [0.1, 0.15) is 19.3 Å². The van der Waals surface area contributed by atoms with Crippen LogP contribution in [0.5, 0.6) is 0 Å². The minimum absolute atomic E-state index is 0.108. The number of piperazine rings is 1. The molecule has 1 saturated heterocycles. The molecule has 8 nitrogen and oxygen atoms in total. The van der Waals surface area contributed by atoms with E-state index in [2.05, 4.69) is 10.2 Å². The first-order valence-electron chi connectivity index (χ1n) is 8.59. The minimum atomic E-state index is -0.508. The van der Waals surface area contributed by atoms with Gasteiger partial charge in [-0.05, 0) is 18.9 Å². The van der Waals surface area contributed by atoms with Crippen LogP contribution in [-0.2, 0) is 9.59 Å². The van der Waals surface area contributed by atoms with Crippen LogP contribution in [-0.4, -0.2) is 59.3 Å². The van der Waals surface area contributed by atoms with E-state index in [0.29, 0.717) is 19.6 Å². The number of anilines is 1. The first-order valence-corrected chi connectivity index (χ1v) is 8.59. The second-order valence-electron chi connectivity index (χ2n) is 6.51. The van der Waals surface area contributed by atoms with Crippen LogP contribution in [0, 0.1) is 16.0 Å². The Morgan fingerprint density at radius 2 is 1.84 bits per heavy atom. The second-order valence-corrected chi connectivity index (χ2v) is 6.51. The average Bonchev–Trinajstić information content (AvgIpc) is 3.45. The molecule has 0 bridgehead atoms. The molecule has 1 aromatic carbocycles. The summed E-state index contributed by atoms with van der Waals surface area (Å²) >= 11 is 0. The summed E-state index contributed by atoms with van der Waals surface area (Å²) in [5.74, 6) is 0.276. The maximum Gasteiger partial charge on any atom is 0.292 e. The Balaban J connectivity index is 1.42. The monoisotopic (exact) mass is 346 g/mol. The van der Waals surface area contributed by atoms with E-state index >= 15 is 0 Å². The van der Waals surface area contributed by atoms with E-state index in [1.807, 2.05) is 4.90 Å². The quantitative estimate of drug-likeness (QED) is 0.622. The minimum Gasteiger partial charge on any atom is -0.340 e. The van der Waals surface area contributed by atoms with Crippen molar-refractivity contribution in [3.8, 4) is 0 Å². The predicted molar refractivity (Wildman–Crippen MR) is 92.1 cm³/mol. The molecule has 1 aliphatic carbocycles. The number of nitrogens with zero attached hydrogens (tertiary/aromatic N) is 3. The highest BCUT2D eigenvalue weighted by Gasteiger charge is 2.34. The van der Waals surface area contributed by atoms with E-state index in [1.165, 1.54) is 12.1 Å². The van der Waals surface area contributed by atoms with Crippen molar-refractivity contribution < 1.29 is 14.5 Å². The number of hydrogen-bond acceptors (Lipinski definition) is 5. The molecule has 2 amide bonds. The molecule has 3 rings (SSSR count). The predicted octanol–water partition coefficient (Wildman–Crippen LogP) is 1.48. The van der Waals surface area contributed by atoms with Crippen molar-refractivity contribution in [3.63, 3.8) is 0 Å². The molecular weight excluding hydrogens is 324 g/mol. The zero-order chi connectivity index (χ0) is 17.8. The molecule has 0 spiro atoms. The molecule has 2 fully saturated rings. The fourth-order valence-corrected chi connectivity index (χ4v) is 2.99. The van der Waals surface area contributed by atoms with Crippen molar-refractivity contribution in [2.24, 2.45) is 5.92 Å². The van der Waals surface area contributed by atoms with Crippen LogP contribution in [0.3, 0.4) is 0 Å². The molecule has 8 heteroatoms. The topological polar surface area (TPSA) is 95.8 Å². The number of hydrogen-bond donors (Lipinski definition) is 1. The van der Waals surface area contributed by atoms with Gasteiger partial charge in [-0.2, -0.15) is 0 Å². The van der Waals surface area contributed by atoms with Gasteiger partial charge >= 0.3 is 0 Å². The molecule has 134 valence electrons. The Kier molecular flexibility index (Phi) is 5.28. The molecule has 1 aliphatic heterocycles. The van der Waals surface area contributed by atoms with Gasteiger partial charge in [0.2, 0.25) is 11.8 Å². The first-order chi connectivity index (χ1) is 12.0. The molecule has 0 unspecified atom stereocenters. The van der Waals surface area contributed by atoms with Gasteiger partial charge in [-0.25, -0.2) is 0 Å². The number of amides is 2. The third-order valence-corrected chi connectivity index (χ3v) is 4.64. The first kappa shape index (κ1) is 17.3. The van der Waals surface area contributed by atoms with E-state index in [9.17, 15) is 19.7 Å². The normalized spacial score (nSPS) is 18.0. The number of nitro groups is 1. The standard InChI is InChI=1S/C17H22N4O4/c22-16(18-14-3-1-2-4-15(14)21(24)25)7-8-19-9-11-20(12-10-19)17(23)13-5-6-13/h1-4,13H,5-12H2,(H,18,22). The van der Waals surface area contributed by atoms with Crippen LogP contribution in [0.4, 0.5) is 11.4 Å². The Bertz CT molecular complexity index is 666. The number of para-hydroxylation sites is 2. The highest BCUT2D eigenvalue weighted by atomic mass is 16.6. The van der Waals surface area contributed by atoms with Crippen LogP contribution in [0.25, 0.3) is 0 Å². The van der Waals surface area contributed by atoms with Crippen molar-refractivity contribution in [1.29, 1.82) is 0 Å². The van der Waals surface area contributed by atoms with Gasteiger partial charge in [-0.15, -0.1) is 0 Å². The lowest BCUT2D eigenvalue weighted by atomic mass is 10.2. The largest absolute Gasteiger partial charge is 0.340 e. The van der Waals surface area contributed by atoms with E-state index in [-0.39, 0.29) is 35.5 Å². The van der Waals surface area contributed by atoms with Gasteiger partial charge in [0.1, 0.15) is 5.69 Å². The smallest absolute Gasteiger partial charge is 0.292 e. The molecule has 1 heterocycles. The number of nitro benzene ring substituents is 1. The summed E-state index contributed by atoms with van der Waals surface area (Å²) in [7, 11) is 0. The Hall–Kier alpha value is -2.48. The Labute approximate surface area is 145 Å². The SMILES string of the molecule is O=C(CCN1CCN(C(=O)C2CC2)CC1)Nc1ccccc1[N+](=O)[O-]. The maximum atomic E-state index is 12.1. The van der Waals surface area contributed by atoms with Crippen molar-refractivity contribution in [1.82, 2.24) is 9.80 Å².